The van der Waals surface area contributed by atoms with Crippen LogP contribution in [-0.4, -0.2) is 51.3 Å². The van der Waals surface area contributed by atoms with Crippen molar-refractivity contribution in [1.29, 1.82) is 0 Å². The SMILES string of the molecule is O=C(N[C@H]1N=C(c2ccccc2)c2cccc(F)c2NC1=O)c1c(-c2ccccc2F)nn2c1O[C@@H](CO)CC2. The quantitative estimate of drug-likeness (QED) is 0.356. The Kier molecular flexibility index (Phi) is 6.56. The number of hydrogen-bond acceptors (Lipinski definition) is 6. The number of benzene rings is 3. The fraction of sp³-hybridized carbons (Fsp3) is 0.172. The Balaban J connectivity index is 1.44. The molecule has 3 N–H and O–H groups in total. The number of nitrogens with zero attached hydrogens (tertiary/aromatic N) is 3. The molecule has 0 unspecified atom stereocenters. The number of carbonyl (C=O) groups excluding carboxylic acids is 2. The molecule has 3 heterocycles. The van der Waals surface area contributed by atoms with Gasteiger partial charge in [-0.15, -0.1) is 0 Å². The van der Waals surface area contributed by atoms with E-state index in [2.05, 4.69) is 20.7 Å². The lowest BCUT2D eigenvalue weighted by molar-refractivity contribution is -0.117. The maximum absolute atomic E-state index is 14.8. The van der Waals surface area contributed by atoms with Crippen molar-refractivity contribution in [2.24, 2.45) is 4.99 Å². The van der Waals surface area contributed by atoms with E-state index in [1.54, 1.807) is 36.4 Å². The molecule has 1 aromatic heterocycles. The Hall–Kier alpha value is -4.90. The molecule has 2 amide bonds. The number of aromatic nitrogens is 2. The number of aliphatic imine (C=N–C) groups is 1. The third kappa shape index (κ3) is 4.50. The summed E-state index contributed by atoms with van der Waals surface area (Å²) in [4.78, 5) is 31.6. The van der Waals surface area contributed by atoms with E-state index in [9.17, 15) is 23.5 Å². The van der Waals surface area contributed by atoms with E-state index in [1.807, 2.05) is 6.07 Å². The molecule has 0 fully saturated rings. The lowest BCUT2D eigenvalue weighted by Crippen LogP contribution is -2.43. The highest BCUT2D eigenvalue weighted by atomic mass is 19.1. The third-order valence-electron chi connectivity index (χ3n) is 6.75. The first kappa shape index (κ1) is 25.4. The average Bonchev–Trinajstić information content (AvgIpc) is 3.28. The molecule has 0 saturated carbocycles. The van der Waals surface area contributed by atoms with E-state index in [0.29, 0.717) is 29.8 Å². The molecule has 3 aromatic carbocycles. The second kappa shape index (κ2) is 10.3. The number of benzodiazepines with no additional fused rings is 1. The van der Waals surface area contributed by atoms with Gasteiger partial charge in [-0.1, -0.05) is 54.6 Å². The molecule has 0 spiro atoms. The Morgan fingerprint density at radius 1 is 1.02 bits per heavy atom. The highest BCUT2D eigenvalue weighted by molar-refractivity contribution is 6.20. The molecule has 0 bridgehead atoms. The fourth-order valence-electron chi connectivity index (χ4n) is 4.79. The maximum atomic E-state index is 14.8. The molecule has 202 valence electrons. The van der Waals surface area contributed by atoms with Crippen LogP contribution in [-0.2, 0) is 11.3 Å². The van der Waals surface area contributed by atoms with Gasteiger partial charge in [-0.3, -0.25) is 9.59 Å². The number of aliphatic hydroxyl groups excluding tert-OH is 1. The summed E-state index contributed by atoms with van der Waals surface area (Å²) in [6.45, 7) is 0.0327. The largest absolute Gasteiger partial charge is 0.471 e. The van der Waals surface area contributed by atoms with Crippen LogP contribution in [0.5, 0.6) is 5.88 Å². The fourth-order valence-corrected chi connectivity index (χ4v) is 4.79. The van der Waals surface area contributed by atoms with E-state index in [0.717, 1.165) is 0 Å². The third-order valence-corrected chi connectivity index (χ3v) is 6.75. The normalized spacial score (nSPS) is 18.0. The smallest absolute Gasteiger partial charge is 0.269 e. The van der Waals surface area contributed by atoms with Crippen molar-refractivity contribution in [2.75, 3.05) is 11.9 Å². The summed E-state index contributed by atoms with van der Waals surface area (Å²) >= 11 is 0. The zero-order chi connectivity index (χ0) is 27.8. The number of amides is 2. The molecule has 0 radical (unpaired) electrons. The standard InChI is InChI=1S/C29H23F2N5O4/c30-20-11-5-4-9-18(20)25-22(29-36(35-25)14-13-17(15-37)40-29)27(38)34-26-28(39)33-24-19(10-6-12-21(24)31)23(32-26)16-7-2-1-3-8-16/h1-12,17,26,37H,13-15H2,(H,33,39)(H,34,38)/t17-,26-/m1/s1. The molecule has 4 aromatic rings. The van der Waals surface area contributed by atoms with Crippen LogP contribution in [0.1, 0.15) is 27.9 Å². The van der Waals surface area contributed by atoms with Gasteiger partial charge in [0.1, 0.15) is 29.0 Å². The second-order valence-electron chi connectivity index (χ2n) is 9.31. The van der Waals surface area contributed by atoms with E-state index in [-0.39, 0.29) is 35.0 Å². The number of halogens is 2. The van der Waals surface area contributed by atoms with Gasteiger partial charge in [-0.05, 0) is 18.2 Å². The number of hydrogen-bond donors (Lipinski definition) is 3. The van der Waals surface area contributed by atoms with Gasteiger partial charge in [0, 0.05) is 29.7 Å². The number of ether oxygens (including phenoxy) is 1. The van der Waals surface area contributed by atoms with Crippen LogP contribution in [0.2, 0.25) is 0 Å². The van der Waals surface area contributed by atoms with Crippen LogP contribution in [0, 0.1) is 11.6 Å². The average molecular weight is 544 g/mol. The molecule has 0 saturated heterocycles. The first-order chi connectivity index (χ1) is 19.4. The highest BCUT2D eigenvalue weighted by Crippen LogP contribution is 2.35. The number of para-hydroxylation sites is 1. The van der Waals surface area contributed by atoms with Crippen molar-refractivity contribution < 1.29 is 28.2 Å². The van der Waals surface area contributed by atoms with Gasteiger partial charge in [0.15, 0.2) is 0 Å². The summed E-state index contributed by atoms with van der Waals surface area (Å²) in [7, 11) is 0. The number of nitrogens with one attached hydrogen (secondary N) is 2. The molecule has 6 rings (SSSR count). The number of anilines is 1. The van der Waals surface area contributed by atoms with E-state index in [4.69, 9.17) is 4.74 Å². The van der Waals surface area contributed by atoms with Crippen LogP contribution in [0.15, 0.2) is 77.8 Å². The van der Waals surface area contributed by atoms with Crippen molar-refractivity contribution in [2.45, 2.75) is 25.2 Å². The number of rotatable bonds is 5. The molecule has 2 aliphatic heterocycles. The zero-order valence-corrected chi connectivity index (χ0v) is 21.0. The minimum atomic E-state index is -1.48. The summed E-state index contributed by atoms with van der Waals surface area (Å²) in [5.41, 5.74) is 1.15. The summed E-state index contributed by atoms with van der Waals surface area (Å²) in [5.74, 6) is -2.79. The maximum Gasteiger partial charge on any atom is 0.269 e. The molecule has 9 nitrogen and oxygen atoms in total. The van der Waals surface area contributed by atoms with Gasteiger partial charge in [0.2, 0.25) is 12.0 Å². The van der Waals surface area contributed by atoms with Gasteiger partial charge in [-0.2, -0.15) is 5.10 Å². The summed E-state index contributed by atoms with van der Waals surface area (Å²) in [6.07, 6.45) is -1.64. The Morgan fingerprint density at radius 3 is 2.52 bits per heavy atom. The number of fused-ring (bicyclic) bond motifs is 2. The lowest BCUT2D eigenvalue weighted by atomic mass is 10.0. The minimum absolute atomic E-state index is 0.0137. The first-order valence-electron chi connectivity index (χ1n) is 12.6. The van der Waals surface area contributed by atoms with Crippen molar-refractivity contribution in [1.82, 2.24) is 15.1 Å². The molecule has 40 heavy (non-hydrogen) atoms. The Morgan fingerprint density at radius 2 is 1.75 bits per heavy atom. The summed E-state index contributed by atoms with van der Waals surface area (Å²) in [6, 6.07) is 19.1. The highest BCUT2D eigenvalue weighted by Gasteiger charge is 2.35. The molecule has 2 atom stereocenters. The number of carbonyl (C=O) groups is 2. The van der Waals surface area contributed by atoms with Crippen molar-refractivity contribution in [3.63, 3.8) is 0 Å². The van der Waals surface area contributed by atoms with Gasteiger partial charge in [-0.25, -0.2) is 18.5 Å². The van der Waals surface area contributed by atoms with Crippen LogP contribution in [0.4, 0.5) is 14.5 Å². The molecule has 11 heteroatoms. The molecule has 0 aliphatic carbocycles. The number of aliphatic hydroxyl groups is 1. The summed E-state index contributed by atoms with van der Waals surface area (Å²) < 4.78 is 37.0. The topological polar surface area (TPSA) is 118 Å². The molecular weight excluding hydrogens is 520 g/mol. The molecule has 2 aliphatic rings. The van der Waals surface area contributed by atoms with Crippen molar-refractivity contribution in [3.8, 4) is 17.1 Å². The van der Waals surface area contributed by atoms with Crippen molar-refractivity contribution in [3.05, 3.63) is 101 Å². The monoisotopic (exact) mass is 543 g/mol. The van der Waals surface area contributed by atoms with Crippen LogP contribution in [0.3, 0.4) is 0 Å². The van der Waals surface area contributed by atoms with Crippen LogP contribution in [0.25, 0.3) is 11.3 Å². The Bertz CT molecular complexity index is 1650. The van der Waals surface area contributed by atoms with Crippen molar-refractivity contribution >= 4 is 23.2 Å². The van der Waals surface area contributed by atoms with Gasteiger partial charge < -0.3 is 20.5 Å². The van der Waals surface area contributed by atoms with E-state index < -0.39 is 35.7 Å². The predicted molar refractivity (Wildman–Crippen MR) is 142 cm³/mol. The van der Waals surface area contributed by atoms with E-state index >= 15 is 0 Å². The first-order valence-corrected chi connectivity index (χ1v) is 12.6. The predicted octanol–water partition coefficient (Wildman–Crippen LogP) is 3.52. The second-order valence-corrected chi connectivity index (χ2v) is 9.31. The van der Waals surface area contributed by atoms with Gasteiger partial charge in [0.25, 0.3) is 11.8 Å². The van der Waals surface area contributed by atoms with Gasteiger partial charge >= 0.3 is 0 Å². The molecular formula is C29H23F2N5O4. The minimum Gasteiger partial charge on any atom is -0.471 e. The van der Waals surface area contributed by atoms with Crippen LogP contribution < -0.4 is 15.4 Å². The van der Waals surface area contributed by atoms with E-state index in [1.165, 1.54) is 35.0 Å². The van der Waals surface area contributed by atoms with Crippen LogP contribution >= 0.6 is 0 Å². The van der Waals surface area contributed by atoms with Gasteiger partial charge in [0.05, 0.1) is 18.0 Å². The summed E-state index contributed by atoms with van der Waals surface area (Å²) in [5, 5.41) is 19.2. The Labute approximate surface area is 227 Å². The number of aryl methyl sites for hydroxylation is 1. The lowest BCUT2D eigenvalue weighted by Gasteiger charge is -2.23. The zero-order valence-electron chi connectivity index (χ0n) is 21.0.